The summed E-state index contributed by atoms with van der Waals surface area (Å²) in [7, 11) is 3.67. The Bertz CT molecular complexity index is 1430. The molecule has 13 heteroatoms. The van der Waals surface area contributed by atoms with E-state index in [1.807, 2.05) is 49.3 Å². The van der Waals surface area contributed by atoms with Crippen LogP contribution in [0.25, 0.3) is 0 Å². The van der Waals surface area contributed by atoms with Crippen molar-refractivity contribution < 1.29 is 23.5 Å². The van der Waals surface area contributed by atoms with Crippen molar-refractivity contribution in [2.24, 2.45) is 0 Å². The molecule has 0 radical (unpaired) electrons. The van der Waals surface area contributed by atoms with E-state index < -0.39 is 5.82 Å². The zero-order valence-electron chi connectivity index (χ0n) is 23.3. The number of nitrogens with zero attached hydrogens (tertiary/aromatic N) is 4. The van der Waals surface area contributed by atoms with E-state index in [1.54, 1.807) is 15.9 Å². The van der Waals surface area contributed by atoms with Crippen LogP contribution in [0.3, 0.4) is 0 Å². The highest BCUT2D eigenvalue weighted by atomic mass is 32.1. The largest absolute Gasteiger partial charge is 0.454 e. The smallest absolute Gasteiger partial charge is 0.323 e. The molecule has 2 heterocycles. The van der Waals surface area contributed by atoms with Gasteiger partial charge in [-0.05, 0) is 50.1 Å². The zero-order chi connectivity index (χ0) is 30.1. The normalized spacial score (nSPS) is 13.0. The molecule has 220 valence electrons. The van der Waals surface area contributed by atoms with Crippen molar-refractivity contribution in [3.63, 3.8) is 0 Å². The van der Waals surface area contributed by atoms with Crippen LogP contribution < -0.4 is 20.7 Å². The third-order valence-corrected chi connectivity index (χ3v) is 6.42. The SMILES string of the molecule is CN(C)CC(=O)N1CCN(C(=O)Nc2cc(Oc3ccc(NC(=S)NC(=O)Cc4ccccc4)cc3F)ccn2)CC1. The maximum absolute atomic E-state index is 14.8. The third-order valence-electron chi connectivity index (χ3n) is 6.22. The average Bonchev–Trinajstić information content (AvgIpc) is 2.95. The van der Waals surface area contributed by atoms with Gasteiger partial charge in [-0.3, -0.25) is 14.9 Å². The Hall–Kier alpha value is -4.62. The van der Waals surface area contributed by atoms with Crippen LogP contribution in [0.15, 0.2) is 66.9 Å². The topological polar surface area (TPSA) is 119 Å². The molecule has 3 aromatic rings. The van der Waals surface area contributed by atoms with Crippen molar-refractivity contribution in [1.82, 2.24) is 25.0 Å². The van der Waals surface area contributed by atoms with E-state index in [9.17, 15) is 18.8 Å². The van der Waals surface area contributed by atoms with Crippen LogP contribution in [-0.2, 0) is 16.0 Å². The van der Waals surface area contributed by atoms with E-state index in [1.165, 1.54) is 30.5 Å². The number of hydrogen-bond acceptors (Lipinski definition) is 7. The first-order chi connectivity index (χ1) is 20.2. The monoisotopic (exact) mass is 593 g/mol. The molecule has 1 fully saturated rings. The van der Waals surface area contributed by atoms with Crippen molar-refractivity contribution in [3.05, 3.63) is 78.2 Å². The molecule has 1 aliphatic rings. The lowest BCUT2D eigenvalue weighted by molar-refractivity contribution is -0.133. The minimum Gasteiger partial charge on any atom is -0.454 e. The van der Waals surface area contributed by atoms with Gasteiger partial charge < -0.3 is 30.1 Å². The number of carbonyl (C=O) groups is 3. The molecule has 0 aliphatic carbocycles. The third kappa shape index (κ3) is 8.94. The fourth-order valence-electron chi connectivity index (χ4n) is 4.16. The molecule has 2 aromatic carbocycles. The number of likely N-dealkylation sites (N-methyl/N-ethyl adjacent to an activating group) is 1. The molecule has 42 heavy (non-hydrogen) atoms. The van der Waals surface area contributed by atoms with E-state index in [0.29, 0.717) is 38.4 Å². The van der Waals surface area contributed by atoms with Crippen LogP contribution in [0.1, 0.15) is 5.56 Å². The van der Waals surface area contributed by atoms with E-state index in [-0.39, 0.29) is 46.7 Å². The lowest BCUT2D eigenvalue weighted by atomic mass is 10.1. The number of carbonyl (C=O) groups excluding carboxylic acids is 3. The number of amides is 4. The van der Waals surface area contributed by atoms with Crippen LogP contribution in [0.2, 0.25) is 0 Å². The van der Waals surface area contributed by atoms with Crippen molar-refractivity contribution in [2.75, 3.05) is 57.5 Å². The first kappa shape index (κ1) is 30.3. The number of piperazine rings is 1. The Morgan fingerprint density at radius 1 is 0.976 bits per heavy atom. The first-order valence-electron chi connectivity index (χ1n) is 13.2. The summed E-state index contributed by atoms with van der Waals surface area (Å²) in [5, 5.41) is 8.12. The van der Waals surface area contributed by atoms with E-state index >= 15 is 0 Å². The maximum Gasteiger partial charge on any atom is 0.323 e. The van der Waals surface area contributed by atoms with Gasteiger partial charge in [0.2, 0.25) is 11.8 Å². The fourth-order valence-corrected chi connectivity index (χ4v) is 4.40. The van der Waals surface area contributed by atoms with Crippen molar-refractivity contribution in [1.29, 1.82) is 0 Å². The highest BCUT2D eigenvalue weighted by Gasteiger charge is 2.24. The number of anilines is 2. The Morgan fingerprint density at radius 3 is 2.38 bits per heavy atom. The van der Waals surface area contributed by atoms with Crippen LogP contribution in [0, 0.1) is 5.82 Å². The van der Waals surface area contributed by atoms with Gasteiger partial charge in [0.15, 0.2) is 16.7 Å². The van der Waals surface area contributed by atoms with Gasteiger partial charge in [-0.1, -0.05) is 30.3 Å². The van der Waals surface area contributed by atoms with Gasteiger partial charge in [0.25, 0.3) is 0 Å². The molecule has 0 bridgehead atoms. The number of rotatable bonds is 8. The Labute approximate surface area is 248 Å². The van der Waals surface area contributed by atoms with Gasteiger partial charge in [0, 0.05) is 50.2 Å². The van der Waals surface area contributed by atoms with Crippen LogP contribution >= 0.6 is 12.2 Å². The quantitative estimate of drug-likeness (QED) is 0.341. The van der Waals surface area contributed by atoms with E-state index in [2.05, 4.69) is 20.9 Å². The molecular weight excluding hydrogens is 561 g/mol. The minimum absolute atomic E-state index is 0.0240. The lowest BCUT2D eigenvalue weighted by Crippen LogP contribution is -2.53. The number of aromatic nitrogens is 1. The van der Waals surface area contributed by atoms with Gasteiger partial charge in [-0.2, -0.15) is 0 Å². The van der Waals surface area contributed by atoms with Crippen molar-refractivity contribution >= 4 is 46.7 Å². The molecule has 4 amide bonds. The van der Waals surface area contributed by atoms with Crippen molar-refractivity contribution in [2.45, 2.75) is 6.42 Å². The molecule has 0 unspecified atom stereocenters. The molecular formula is C29H32FN7O4S. The van der Waals surface area contributed by atoms with Crippen LogP contribution in [-0.4, -0.2) is 89.5 Å². The number of urea groups is 1. The first-order valence-corrected chi connectivity index (χ1v) is 13.6. The number of pyridine rings is 1. The number of hydrogen-bond donors (Lipinski definition) is 3. The molecule has 0 spiro atoms. The fraction of sp³-hybridized carbons (Fsp3) is 0.276. The Morgan fingerprint density at radius 2 is 1.69 bits per heavy atom. The van der Waals surface area contributed by atoms with Gasteiger partial charge in [0.05, 0.1) is 13.0 Å². The summed E-state index contributed by atoms with van der Waals surface area (Å²) in [5.41, 5.74) is 1.17. The number of halogens is 1. The number of ether oxygens (including phenoxy) is 1. The molecule has 0 saturated carbocycles. The molecule has 4 rings (SSSR count). The van der Waals surface area contributed by atoms with Gasteiger partial charge in [-0.25, -0.2) is 14.2 Å². The summed E-state index contributed by atoms with van der Waals surface area (Å²) in [6.07, 6.45) is 1.60. The van der Waals surface area contributed by atoms with Crippen molar-refractivity contribution in [3.8, 4) is 11.5 Å². The number of benzene rings is 2. The number of nitrogens with one attached hydrogen (secondary N) is 3. The maximum atomic E-state index is 14.8. The molecule has 11 nitrogen and oxygen atoms in total. The van der Waals surface area contributed by atoms with E-state index in [4.69, 9.17) is 17.0 Å². The molecule has 1 aliphatic heterocycles. The Kier molecular flexibility index (Phi) is 10.3. The predicted molar refractivity (Wildman–Crippen MR) is 161 cm³/mol. The van der Waals surface area contributed by atoms with E-state index in [0.717, 1.165) is 5.56 Å². The highest BCUT2D eigenvalue weighted by Crippen LogP contribution is 2.27. The second kappa shape index (κ2) is 14.3. The summed E-state index contributed by atoms with van der Waals surface area (Å²) in [5.74, 6) is -0.487. The Balaban J connectivity index is 1.27. The standard InChI is InChI=1S/C29H32FN7O4S/c1-35(2)19-27(39)36-12-14-37(15-13-36)29(40)33-25-18-22(10-11-31-25)41-24-9-8-21(17-23(24)30)32-28(42)34-26(38)16-20-6-4-3-5-7-20/h3-11,17-18H,12-16,19H2,1-2H3,(H,31,33,40)(H2,32,34,38,42). The average molecular weight is 594 g/mol. The van der Waals surface area contributed by atoms with Crippen LogP contribution in [0.5, 0.6) is 11.5 Å². The number of thiocarbonyl (C=S) groups is 1. The second-order valence-electron chi connectivity index (χ2n) is 9.82. The molecule has 1 saturated heterocycles. The summed E-state index contributed by atoms with van der Waals surface area (Å²) < 4.78 is 20.5. The summed E-state index contributed by atoms with van der Waals surface area (Å²) >= 11 is 5.18. The molecule has 1 aromatic heterocycles. The minimum atomic E-state index is -0.664. The second-order valence-corrected chi connectivity index (χ2v) is 10.2. The molecule has 3 N–H and O–H groups in total. The highest BCUT2D eigenvalue weighted by molar-refractivity contribution is 7.80. The van der Waals surface area contributed by atoms with Gasteiger partial charge in [-0.15, -0.1) is 0 Å². The lowest BCUT2D eigenvalue weighted by Gasteiger charge is -2.35. The summed E-state index contributed by atoms with van der Waals surface area (Å²) in [6.45, 7) is 2.01. The zero-order valence-corrected chi connectivity index (χ0v) is 24.1. The van der Waals surface area contributed by atoms with Gasteiger partial charge >= 0.3 is 6.03 Å². The summed E-state index contributed by atoms with van der Waals surface area (Å²) in [6, 6.07) is 16.1. The predicted octanol–water partition coefficient (Wildman–Crippen LogP) is 3.31. The summed E-state index contributed by atoms with van der Waals surface area (Å²) in [4.78, 5) is 46.5. The van der Waals surface area contributed by atoms with Gasteiger partial charge in [0.1, 0.15) is 11.6 Å². The molecule has 0 atom stereocenters. The van der Waals surface area contributed by atoms with Crippen LogP contribution in [0.4, 0.5) is 20.7 Å².